The van der Waals surface area contributed by atoms with Crippen LogP contribution in [0.2, 0.25) is 0 Å². The number of halogens is 1. The molecule has 2 N–H and O–H groups in total. The zero-order chi connectivity index (χ0) is 7.84. The zero-order valence-electron chi connectivity index (χ0n) is 6.05. The maximum Gasteiger partial charge on any atom is 0.128 e. The number of nitrogens with zero attached hydrogens (tertiary/aromatic N) is 1. The van der Waals surface area contributed by atoms with Crippen LogP contribution >= 0.6 is 15.9 Å². The van der Waals surface area contributed by atoms with E-state index < -0.39 is 0 Å². The van der Waals surface area contributed by atoms with Gasteiger partial charge in [0.1, 0.15) is 4.60 Å². The van der Waals surface area contributed by atoms with Crippen LogP contribution in [0.3, 0.4) is 0 Å². The van der Waals surface area contributed by atoms with Crippen molar-refractivity contribution in [2.24, 2.45) is 0 Å². The summed E-state index contributed by atoms with van der Waals surface area (Å²) < 4.78 is 0.752. The normalized spacial score (nSPS) is 16.8. The van der Waals surface area contributed by atoms with E-state index in [0.717, 1.165) is 16.2 Å². The summed E-state index contributed by atoms with van der Waals surface area (Å²) in [5, 5.41) is 0. The molecule has 2 rings (SSSR count). The monoisotopic (exact) mass is 212 g/mol. The van der Waals surface area contributed by atoms with Gasteiger partial charge in [-0.1, -0.05) is 0 Å². The Morgan fingerprint density at radius 1 is 1.55 bits per heavy atom. The second kappa shape index (κ2) is 2.48. The molecule has 1 aromatic rings. The molecule has 0 unspecified atom stereocenters. The quantitative estimate of drug-likeness (QED) is 0.727. The van der Waals surface area contributed by atoms with Gasteiger partial charge < -0.3 is 5.73 Å². The molecule has 1 aliphatic carbocycles. The van der Waals surface area contributed by atoms with E-state index in [1.807, 2.05) is 12.3 Å². The van der Waals surface area contributed by atoms with E-state index in [1.165, 1.54) is 18.4 Å². The van der Waals surface area contributed by atoms with Gasteiger partial charge in [-0.25, -0.2) is 4.98 Å². The molecule has 1 aromatic heterocycles. The summed E-state index contributed by atoms with van der Waals surface area (Å²) in [5.41, 5.74) is 7.70. The van der Waals surface area contributed by atoms with E-state index in [1.54, 1.807) is 0 Å². The van der Waals surface area contributed by atoms with E-state index in [9.17, 15) is 0 Å². The van der Waals surface area contributed by atoms with E-state index in [2.05, 4.69) is 20.9 Å². The molecule has 1 heterocycles. The Kier molecular flexibility index (Phi) is 1.60. The van der Waals surface area contributed by atoms with E-state index in [0.29, 0.717) is 0 Å². The SMILES string of the molecule is Nc1cc(C2CC2)cnc1Br. The average molecular weight is 213 g/mol. The molecular formula is C8H9BrN2. The van der Waals surface area contributed by atoms with Crippen molar-refractivity contribution in [3.8, 4) is 0 Å². The molecule has 11 heavy (non-hydrogen) atoms. The summed E-state index contributed by atoms with van der Waals surface area (Å²) in [7, 11) is 0. The minimum Gasteiger partial charge on any atom is -0.397 e. The Labute approximate surface area is 73.9 Å². The summed E-state index contributed by atoms with van der Waals surface area (Å²) in [6.07, 6.45) is 4.49. The highest BCUT2D eigenvalue weighted by Gasteiger charge is 2.23. The van der Waals surface area contributed by atoms with Gasteiger partial charge in [0.15, 0.2) is 0 Å². The lowest BCUT2D eigenvalue weighted by molar-refractivity contribution is 1.09. The Morgan fingerprint density at radius 2 is 2.27 bits per heavy atom. The molecule has 0 atom stereocenters. The van der Waals surface area contributed by atoms with Crippen molar-refractivity contribution in [3.63, 3.8) is 0 Å². The first kappa shape index (κ1) is 7.10. The Bertz CT molecular complexity index is 281. The molecule has 58 valence electrons. The summed E-state index contributed by atoms with van der Waals surface area (Å²) in [6, 6.07) is 2.01. The minimum atomic E-state index is 0.734. The van der Waals surface area contributed by atoms with Crippen molar-refractivity contribution in [2.75, 3.05) is 5.73 Å². The number of anilines is 1. The van der Waals surface area contributed by atoms with Crippen LogP contribution in [0.25, 0.3) is 0 Å². The third-order valence-corrected chi connectivity index (χ3v) is 2.60. The zero-order valence-corrected chi connectivity index (χ0v) is 7.63. The summed E-state index contributed by atoms with van der Waals surface area (Å²) in [4.78, 5) is 4.13. The van der Waals surface area contributed by atoms with Gasteiger partial charge in [-0.3, -0.25) is 0 Å². The second-order valence-corrected chi connectivity index (χ2v) is 3.67. The molecular weight excluding hydrogens is 204 g/mol. The average Bonchev–Trinajstić information content (AvgIpc) is 2.77. The molecule has 1 fully saturated rings. The van der Waals surface area contributed by atoms with Gasteiger partial charge in [-0.2, -0.15) is 0 Å². The van der Waals surface area contributed by atoms with E-state index in [4.69, 9.17) is 5.73 Å². The van der Waals surface area contributed by atoms with E-state index in [-0.39, 0.29) is 0 Å². The second-order valence-electron chi connectivity index (χ2n) is 2.92. The molecule has 3 heteroatoms. The Balaban J connectivity index is 2.36. The largest absolute Gasteiger partial charge is 0.397 e. The molecule has 0 aromatic carbocycles. The molecule has 0 aliphatic heterocycles. The van der Waals surface area contributed by atoms with Crippen LogP contribution < -0.4 is 5.73 Å². The number of hydrogen-bond acceptors (Lipinski definition) is 2. The van der Waals surface area contributed by atoms with Crippen LogP contribution in [0.15, 0.2) is 16.9 Å². The maximum absolute atomic E-state index is 5.68. The predicted molar refractivity (Wildman–Crippen MR) is 48.3 cm³/mol. The van der Waals surface area contributed by atoms with Crippen molar-refractivity contribution in [1.82, 2.24) is 4.98 Å². The van der Waals surface area contributed by atoms with Gasteiger partial charge in [0.05, 0.1) is 5.69 Å². The number of aromatic nitrogens is 1. The standard InChI is InChI=1S/C8H9BrN2/c9-8-7(10)3-6(4-11-8)5-1-2-5/h3-5H,1-2,10H2. The molecule has 0 saturated heterocycles. The summed E-state index contributed by atoms with van der Waals surface area (Å²) in [5.74, 6) is 0.734. The smallest absolute Gasteiger partial charge is 0.128 e. The van der Waals surface area contributed by atoms with Gasteiger partial charge in [0.25, 0.3) is 0 Å². The number of hydrogen-bond donors (Lipinski definition) is 1. The Hall–Kier alpha value is -0.570. The number of pyridine rings is 1. The van der Waals surface area contributed by atoms with Crippen LogP contribution in [0.5, 0.6) is 0 Å². The lowest BCUT2D eigenvalue weighted by atomic mass is 10.2. The van der Waals surface area contributed by atoms with Gasteiger partial charge in [0, 0.05) is 6.20 Å². The predicted octanol–water partition coefficient (Wildman–Crippen LogP) is 2.30. The molecule has 0 amide bonds. The van der Waals surface area contributed by atoms with Crippen molar-refractivity contribution < 1.29 is 0 Å². The summed E-state index contributed by atoms with van der Waals surface area (Å²) in [6.45, 7) is 0. The van der Waals surface area contributed by atoms with Crippen LogP contribution in [0, 0.1) is 0 Å². The molecule has 1 saturated carbocycles. The Morgan fingerprint density at radius 3 is 2.82 bits per heavy atom. The minimum absolute atomic E-state index is 0.734. The molecule has 0 bridgehead atoms. The van der Waals surface area contributed by atoms with Crippen LogP contribution in [0.4, 0.5) is 5.69 Å². The van der Waals surface area contributed by atoms with Crippen LogP contribution in [-0.2, 0) is 0 Å². The molecule has 2 nitrogen and oxygen atoms in total. The number of nitrogens with two attached hydrogens (primary N) is 1. The first-order chi connectivity index (χ1) is 5.27. The lowest BCUT2D eigenvalue weighted by Gasteiger charge is -2.00. The molecule has 1 aliphatic rings. The van der Waals surface area contributed by atoms with Crippen molar-refractivity contribution >= 4 is 21.6 Å². The number of nitrogen functional groups attached to an aromatic ring is 1. The third kappa shape index (κ3) is 1.38. The van der Waals surface area contributed by atoms with E-state index >= 15 is 0 Å². The topological polar surface area (TPSA) is 38.9 Å². The fraction of sp³-hybridized carbons (Fsp3) is 0.375. The van der Waals surface area contributed by atoms with Crippen molar-refractivity contribution in [1.29, 1.82) is 0 Å². The van der Waals surface area contributed by atoms with Gasteiger partial charge >= 0.3 is 0 Å². The highest BCUT2D eigenvalue weighted by molar-refractivity contribution is 9.10. The van der Waals surface area contributed by atoms with Crippen LogP contribution in [0.1, 0.15) is 24.3 Å². The van der Waals surface area contributed by atoms with Crippen molar-refractivity contribution in [2.45, 2.75) is 18.8 Å². The molecule has 0 radical (unpaired) electrons. The van der Waals surface area contributed by atoms with Gasteiger partial charge in [0.2, 0.25) is 0 Å². The first-order valence-electron chi connectivity index (χ1n) is 3.68. The fourth-order valence-electron chi connectivity index (χ4n) is 1.12. The summed E-state index contributed by atoms with van der Waals surface area (Å²) >= 11 is 3.26. The van der Waals surface area contributed by atoms with Gasteiger partial charge in [-0.05, 0) is 46.3 Å². The fourth-order valence-corrected chi connectivity index (χ4v) is 1.34. The highest BCUT2D eigenvalue weighted by Crippen LogP contribution is 2.40. The molecule has 0 spiro atoms. The maximum atomic E-state index is 5.68. The highest BCUT2D eigenvalue weighted by atomic mass is 79.9. The first-order valence-corrected chi connectivity index (χ1v) is 4.47. The third-order valence-electron chi connectivity index (χ3n) is 1.94. The van der Waals surface area contributed by atoms with Gasteiger partial charge in [-0.15, -0.1) is 0 Å². The van der Waals surface area contributed by atoms with Crippen LogP contribution in [-0.4, -0.2) is 4.98 Å². The van der Waals surface area contributed by atoms with Crippen molar-refractivity contribution in [3.05, 3.63) is 22.4 Å². The lowest BCUT2D eigenvalue weighted by Crippen LogP contribution is -1.91. The number of rotatable bonds is 1.